The fourth-order valence-electron chi connectivity index (χ4n) is 0.493. The highest BCUT2D eigenvalue weighted by molar-refractivity contribution is 5.30. The Labute approximate surface area is 91.4 Å². The van der Waals surface area contributed by atoms with Gasteiger partial charge in [0, 0.05) is 0 Å². The molecule has 0 atom stereocenters. The Kier molecular flexibility index (Phi) is 19.9. The molecule has 0 nitrogen and oxygen atoms in total. The number of hydrogen-bond acceptors (Lipinski definition) is 0. The van der Waals surface area contributed by atoms with Crippen molar-refractivity contribution in [1.29, 1.82) is 0 Å². The molecule has 0 fully saturated rings. The minimum absolute atomic E-state index is 1.08. The van der Waals surface area contributed by atoms with Crippen LogP contribution in [0.5, 0.6) is 0 Å². The molecule has 0 aromatic carbocycles. The largest absolute Gasteiger partial charge is 0.0961 e. The van der Waals surface area contributed by atoms with Gasteiger partial charge in [0.15, 0.2) is 0 Å². The summed E-state index contributed by atoms with van der Waals surface area (Å²) in [5, 5.41) is 0. The Morgan fingerprint density at radius 2 is 1.29 bits per heavy atom. The lowest BCUT2D eigenvalue weighted by atomic mass is 10.1. The van der Waals surface area contributed by atoms with Gasteiger partial charge in [0.2, 0.25) is 0 Å². The maximum atomic E-state index is 3.80. The van der Waals surface area contributed by atoms with Gasteiger partial charge in [-0.15, -0.1) is 0 Å². The van der Waals surface area contributed by atoms with Gasteiger partial charge in [0.25, 0.3) is 0 Å². The van der Waals surface area contributed by atoms with Crippen molar-refractivity contribution >= 4 is 0 Å². The standard InChI is InChI=1S/C9H14.C3H8.C2H6/c1-7(2)6-9(5)8(3)4;1-3-2;1-2/h6H,1,3H2,2,4-5H3;3H2,1-2H3;1-2H3/b9-6-;;. The maximum Gasteiger partial charge on any atom is -0.0395 e. The molecule has 0 heterocycles. The summed E-state index contributed by atoms with van der Waals surface area (Å²) in [5.41, 5.74) is 3.40. The second-order valence-corrected chi connectivity index (χ2v) is 3.16. The summed E-state index contributed by atoms with van der Waals surface area (Å²) in [6.07, 6.45) is 3.28. The van der Waals surface area contributed by atoms with Gasteiger partial charge >= 0.3 is 0 Å². The molecule has 0 saturated carbocycles. The fourth-order valence-corrected chi connectivity index (χ4v) is 0.493. The highest BCUT2D eigenvalue weighted by Crippen LogP contribution is 2.07. The molecule has 0 unspecified atom stereocenters. The second kappa shape index (κ2) is 14.7. The van der Waals surface area contributed by atoms with Crippen LogP contribution in [-0.4, -0.2) is 0 Å². The van der Waals surface area contributed by atoms with Crippen LogP contribution in [0.3, 0.4) is 0 Å². The summed E-state index contributed by atoms with van der Waals surface area (Å²) < 4.78 is 0. The minimum Gasteiger partial charge on any atom is -0.0961 e. The Morgan fingerprint density at radius 1 is 1.00 bits per heavy atom. The Balaban J connectivity index is -0.000000205. The third kappa shape index (κ3) is 22.5. The van der Waals surface area contributed by atoms with Crippen molar-refractivity contribution in [3.05, 3.63) is 36.0 Å². The van der Waals surface area contributed by atoms with Gasteiger partial charge < -0.3 is 0 Å². The Bertz CT molecular complexity index is 170. The summed E-state index contributed by atoms with van der Waals surface area (Å²) in [6, 6.07) is 0. The van der Waals surface area contributed by atoms with Gasteiger partial charge in [-0.3, -0.25) is 0 Å². The van der Waals surface area contributed by atoms with E-state index < -0.39 is 0 Å². The molecular formula is C14H28. The van der Waals surface area contributed by atoms with Crippen molar-refractivity contribution in [2.45, 2.75) is 54.9 Å². The fraction of sp³-hybridized carbons (Fsp3) is 0.571. The second-order valence-electron chi connectivity index (χ2n) is 3.16. The Morgan fingerprint density at radius 3 is 1.36 bits per heavy atom. The van der Waals surface area contributed by atoms with Crippen LogP contribution in [0.1, 0.15) is 54.9 Å². The minimum atomic E-state index is 1.08. The van der Waals surface area contributed by atoms with E-state index in [0.717, 1.165) is 11.1 Å². The number of rotatable bonds is 2. The highest BCUT2D eigenvalue weighted by Gasteiger charge is 1.86. The van der Waals surface area contributed by atoms with Crippen molar-refractivity contribution in [3.63, 3.8) is 0 Å². The first-order chi connectivity index (χ1) is 6.45. The van der Waals surface area contributed by atoms with E-state index >= 15 is 0 Å². The summed E-state index contributed by atoms with van der Waals surface area (Å²) in [6.45, 7) is 21.8. The van der Waals surface area contributed by atoms with E-state index in [-0.39, 0.29) is 0 Å². The SMILES string of the molecule is C=C(C)/C=C(/C)C(=C)C.CC.CCC. The molecule has 14 heavy (non-hydrogen) atoms. The number of hydrogen-bond donors (Lipinski definition) is 0. The van der Waals surface area contributed by atoms with E-state index in [2.05, 4.69) is 27.0 Å². The quantitative estimate of drug-likeness (QED) is 0.510. The predicted molar refractivity (Wildman–Crippen MR) is 70.7 cm³/mol. The molecule has 0 aromatic heterocycles. The zero-order chi connectivity index (χ0) is 12.1. The third-order valence-corrected chi connectivity index (χ3v) is 1.14. The molecule has 0 amide bonds. The van der Waals surface area contributed by atoms with E-state index in [1.807, 2.05) is 40.7 Å². The van der Waals surface area contributed by atoms with Crippen LogP contribution >= 0.6 is 0 Å². The summed E-state index contributed by atoms with van der Waals surface area (Å²) in [4.78, 5) is 0. The molecule has 0 rings (SSSR count). The third-order valence-electron chi connectivity index (χ3n) is 1.14. The molecule has 0 bridgehead atoms. The Hall–Kier alpha value is -0.780. The van der Waals surface area contributed by atoms with Crippen LogP contribution in [0.2, 0.25) is 0 Å². The van der Waals surface area contributed by atoms with Gasteiger partial charge in [-0.05, 0) is 26.3 Å². The molecule has 0 radical (unpaired) electrons. The average molecular weight is 196 g/mol. The van der Waals surface area contributed by atoms with Crippen molar-refractivity contribution in [1.82, 2.24) is 0 Å². The first kappa shape index (κ1) is 18.9. The molecule has 0 aliphatic rings. The van der Waals surface area contributed by atoms with Crippen LogP contribution in [0, 0.1) is 0 Å². The van der Waals surface area contributed by atoms with Crippen LogP contribution in [-0.2, 0) is 0 Å². The van der Waals surface area contributed by atoms with E-state index in [4.69, 9.17) is 0 Å². The summed E-state index contributed by atoms with van der Waals surface area (Å²) >= 11 is 0. The molecule has 0 N–H and O–H groups in total. The van der Waals surface area contributed by atoms with Crippen LogP contribution in [0.4, 0.5) is 0 Å². The molecule has 0 aromatic rings. The van der Waals surface area contributed by atoms with Crippen LogP contribution in [0.25, 0.3) is 0 Å². The van der Waals surface area contributed by atoms with Gasteiger partial charge in [-0.2, -0.15) is 0 Å². The maximum absolute atomic E-state index is 3.80. The van der Waals surface area contributed by atoms with E-state index in [0.29, 0.717) is 0 Å². The first-order valence-electron chi connectivity index (χ1n) is 5.45. The monoisotopic (exact) mass is 196 g/mol. The highest BCUT2D eigenvalue weighted by atomic mass is 13.9. The van der Waals surface area contributed by atoms with Crippen molar-refractivity contribution in [2.75, 3.05) is 0 Å². The molecule has 0 aliphatic carbocycles. The average Bonchev–Trinajstić information content (AvgIpc) is 2.08. The molecule has 0 aliphatic heterocycles. The van der Waals surface area contributed by atoms with E-state index in [9.17, 15) is 0 Å². The smallest absolute Gasteiger partial charge is 0.0395 e. The first-order valence-corrected chi connectivity index (χ1v) is 5.45. The van der Waals surface area contributed by atoms with Crippen LogP contribution < -0.4 is 0 Å². The van der Waals surface area contributed by atoms with E-state index in [1.165, 1.54) is 12.0 Å². The van der Waals surface area contributed by atoms with Gasteiger partial charge in [-0.25, -0.2) is 0 Å². The lowest BCUT2D eigenvalue weighted by Crippen LogP contribution is -1.75. The zero-order valence-corrected chi connectivity index (χ0v) is 11.2. The van der Waals surface area contributed by atoms with Gasteiger partial charge in [0.1, 0.15) is 0 Å². The predicted octanol–water partition coefficient (Wildman–Crippen LogP) is 5.53. The zero-order valence-electron chi connectivity index (χ0n) is 11.2. The molecule has 0 heteroatoms. The number of allylic oxidation sites excluding steroid dienone is 4. The topological polar surface area (TPSA) is 0 Å². The lowest BCUT2D eigenvalue weighted by Gasteiger charge is -1.96. The summed E-state index contributed by atoms with van der Waals surface area (Å²) in [5.74, 6) is 0. The van der Waals surface area contributed by atoms with Gasteiger partial charge in [-0.1, -0.05) is 64.5 Å². The lowest BCUT2D eigenvalue weighted by molar-refractivity contribution is 1.09. The van der Waals surface area contributed by atoms with Crippen molar-refractivity contribution in [2.24, 2.45) is 0 Å². The van der Waals surface area contributed by atoms with Crippen molar-refractivity contribution < 1.29 is 0 Å². The molecule has 0 spiro atoms. The molecule has 84 valence electrons. The van der Waals surface area contributed by atoms with Gasteiger partial charge in [0.05, 0.1) is 0 Å². The molecular weight excluding hydrogens is 168 g/mol. The molecule has 0 saturated heterocycles. The van der Waals surface area contributed by atoms with E-state index in [1.54, 1.807) is 0 Å². The normalized spacial score (nSPS) is 8.93. The van der Waals surface area contributed by atoms with Crippen LogP contribution in [0.15, 0.2) is 36.0 Å². The summed E-state index contributed by atoms with van der Waals surface area (Å²) in [7, 11) is 0. The van der Waals surface area contributed by atoms with Crippen molar-refractivity contribution in [3.8, 4) is 0 Å².